The van der Waals surface area contributed by atoms with Crippen molar-refractivity contribution >= 4 is 5.97 Å². The fourth-order valence-electron chi connectivity index (χ4n) is 2.31. The molecule has 0 bridgehead atoms. The Morgan fingerprint density at radius 1 is 1.41 bits per heavy atom. The van der Waals surface area contributed by atoms with Gasteiger partial charge in [-0.05, 0) is 30.7 Å². The van der Waals surface area contributed by atoms with Gasteiger partial charge in [-0.15, -0.1) is 0 Å². The molecule has 2 rings (SSSR count). The van der Waals surface area contributed by atoms with Crippen molar-refractivity contribution in [3.8, 4) is 5.75 Å². The number of hydrogen-bond acceptors (Lipinski definition) is 4. The van der Waals surface area contributed by atoms with Crippen LogP contribution in [-0.2, 0) is 9.53 Å². The van der Waals surface area contributed by atoms with Crippen LogP contribution in [0.15, 0.2) is 24.3 Å². The number of benzene rings is 1. The lowest BCUT2D eigenvalue weighted by atomic mass is 9.92. The predicted molar refractivity (Wildman–Crippen MR) is 64.2 cm³/mol. The van der Waals surface area contributed by atoms with E-state index in [-0.39, 0.29) is 17.9 Å². The molecule has 2 unspecified atom stereocenters. The van der Waals surface area contributed by atoms with Crippen molar-refractivity contribution in [3.63, 3.8) is 0 Å². The molecule has 0 spiro atoms. The van der Waals surface area contributed by atoms with E-state index in [1.54, 1.807) is 7.11 Å². The second-order valence-electron chi connectivity index (χ2n) is 4.13. The lowest BCUT2D eigenvalue weighted by molar-refractivity contribution is -0.143. The standard InChI is InChI=1S/C13H17NO3/c1-16-10-5-3-4-9(8-10)11-6-7-14-12(11)13(15)17-2/h3-5,8,11-12,14H,6-7H2,1-2H3. The monoisotopic (exact) mass is 235 g/mol. The lowest BCUT2D eigenvalue weighted by Gasteiger charge is -2.18. The first-order valence-corrected chi connectivity index (χ1v) is 5.71. The number of hydrogen-bond donors (Lipinski definition) is 1. The first-order chi connectivity index (χ1) is 8.26. The maximum Gasteiger partial charge on any atom is 0.323 e. The molecule has 1 N–H and O–H groups in total. The van der Waals surface area contributed by atoms with Gasteiger partial charge in [-0.25, -0.2) is 0 Å². The molecule has 1 aliphatic rings. The van der Waals surface area contributed by atoms with E-state index in [1.165, 1.54) is 7.11 Å². The van der Waals surface area contributed by atoms with Gasteiger partial charge in [0.05, 0.1) is 14.2 Å². The summed E-state index contributed by atoms with van der Waals surface area (Å²) in [6.07, 6.45) is 0.937. The van der Waals surface area contributed by atoms with Crippen LogP contribution < -0.4 is 10.1 Å². The maximum absolute atomic E-state index is 11.6. The number of nitrogens with one attached hydrogen (secondary N) is 1. The van der Waals surface area contributed by atoms with Crippen LogP contribution in [0.25, 0.3) is 0 Å². The van der Waals surface area contributed by atoms with Gasteiger partial charge < -0.3 is 14.8 Å². The third-order valence-electron chi connectivity index (χ3n) is 3.20. The summed E-state index contributed by atoms with van der Waals surface area (Å²) in [5.74, 6) is 0.783. The fraction of sp³-hybridized carbons (Fsp3) is 0.462. The molecule has 0 radical (unpaired) electrons. The molecule has 1 aromatic carbocycles. The minimum atomic E-state index is -0.243. The summed E-state index contributed by atoms with van der Waals surface area (Å²) in [6.45, 7) is 0.835. The van der Waals surface area contributed by atoms with Crippen molar-refractivity contribution in [1.29, 1.82) is 0 Å². The summed E-state index contributed by atoms with van der Waals surface area (Å²) in [4.78, 5) is 11.6. The Balaban J connectivity index is 2.22. The van der Waals surface area contributed by atoms with Gasteiger partial charge in [-0.1, -0.05) is 12.1 Å². The predicted octanol–water partition coefficient (Wildman–Crippen LogP) is 1.31. The molecule has 2 atom stereocenters. The highest BCUT2D eigenvalue weighted by atomic mass is 16.5. The molecule has 1 aliphatic heterocycles. The van der Waals surface area contributed by atoms with Crippen LogP contribution in [0.2, 0.25) is 0 Å². The number of rotatable bonds is 3. The van der Waals surface area contributed by atoms with Crippen molar-refractivity contribution in [2.24, 2.45) is 0 Å². The normalized spacial score (nSPS) is 23.4. The van der Waals surface area contributed by atoms with Crippen LogP contribution in [0.3, 0.4) is 0 Å². The molecule has 1 fully saturated rings. The average molecular weight is 235 g/mol. The average Bonchev–Trinajstić information content (AvgIpc) is 2.87. The summed E-state index contributed by atoms with van der Waals surface area (Å²) >= 11 is 0. The fourth-order valence-corrected chi connectivity index (χ4v) is 2.31. The zero-order valence-electron chi connectivity index (χ0n) is 10.1. The molecule has 1 aromatic rings. The van der Waals surface area contributed by atoms with Crippen molar-refractivity contribution in [3.05, 3.63) is 29.8 Å². The number of ether oxygens (including phenoxy) is 2. The van der Waals surface area contributed by atoms with Crippen molar-refractivity contribution in [2.75, 3.05) is 20.8 Å². The molecule has 0 aliphatic carbocycles. The third kappa shape index (κ3) is 2.42. The van der Waals surface area contributed by atoms with E-state index in [4.69, 9.17) is 9.47 Å². The number of carbonyl (C=O) groups excluding carboxylic acids is 1. The zero-order chi connectivity index (χ0) is 12.3. The maximum atomic E-state index is 11.6. The number of carbonyl (C=O) groups is 1. The Hall–Kier alpha value is -1.55. The molecule has 0 saturated carbocycles. The summed E-state index contributed by atoms with van der Waals surface area (Å²) in [5.41, 5.74) is 1.12. The number of esters is 1. The van der Waals surface area contributed by atoms with Gasteiger partial charge >= 0.3 is 5.97 Å². The Morgan fingerprint density at radius 3 is 2.94 bits per heavy atom. The van der Waals surface area contributed by atoms with Gasteiger partial charge in [-0.2, -0.15) is 0 Å². The minimum absolute atomic E-state index is 0.164. The molecule has 4 heteroatoms. The van der Waals surface area contributed by atoms with E-state index in [0.717, 1.165) is 24.3 Å². The lowest BCUT2D eigenvalue weighted by Crippen LogP contribution is -2.35. The second-order valence-corrected chi connectivity index (χ2v) is 4.13. The Labute approximate surface area is 101 Å². The molecule has 0 aromatic heterocycles. The molecular weight excluding hydrogens is 218 g/mol. The van der Waals surface area contributed by atoms with Gasteiger partial charge in [0.25, 0.3) is 0 Å². The first-order valence-electron chi connectivity index (χ1n) is 5.71. The van der Waals surface area contributed by atoms with Crippen LogP contribution in [-0.4, -0.2) is 32.8 Å². The van der Waals surface area contributed by atoms with Crippen LogP contribution >= 0.6 is 0 Å². The van der Waals surface area contributed by atoms with E-state index >= 15 is 0 Å². The Bertz CT molecular complexity index is 405. The van der Waals surface area contributed by atoms with Crippen LogP contribution in [0.4, 0.5) is 0 Å². The van der Waals surface area contributed by atoms with Crippen molar-refractivity contribution in [1.82, 2.24) is 5.32 Å². The quantitative estimate of drug-likeness (QED) is 0.803. The highest BCUT2D eigenvalue weighted by Gasteiger charge is 2.34. The highest BCUT2D eigenvalue weighted by molar-refractivity contribution is 5.77. The highest BCUT2D eigenvalue weighted by Crippen LogP contribution is 2.30. The van der Waals surface area contributed by atoms with Gasteiger partial charge in [0, 0.05) is 5.92 Å². The second kappa shape index (κ2) is 5.19. The van der Waals surface area contributed by atoms with Gasteiger partial charge in [-0.3, -0.25) is 4.79 Å². The van der Waals surface area contributed by atoms with Crippen LogP contribution in [0.5, 0.6) is 5.75 Å². The molecule has 92 valence electrons. The van der Waals surface area contributed by atoms with Gasteiger partial charge in [0.2, 0.25) is 0 Å². The number of methoxy groups -OCH3 is 2. The molecule has 1 saturated heterocycles. The van der Waals surface area contributed by atoms with Gasteiger partial charge in [0.15, 0.2) is 0 Å². The summed E-state index contributed by atoms with van der Waals surface area (Å²) in [6, 6.07) is 7.61. The molecular formula is C13H17NO3. The van der Waals surface area contributed by atoms with E-state index < -0.39 is 0 Å². The first kappa shape index (κ1) is 11.9. The topological polar surface area (TPSA) is 47.6 Å². The zero-order valence-corrected chi connectivity index (χ0v) is 10.1. The van der Waals surface area contributed by atoms with Crippen molar-refractivity contribution < 1.29 is 14.3 Å². The molecule has 1 heterocycles. The Morgan fingerprint density at radius 2 is 2.24 bits per heavy atom. The largest absolute Gasteiger partial charge is 0.497 e. The van der Waals surface area contributed by atoms with Gasteiger partial charge in [0.1, 0.15) is 11.8 Å². The molecule has 4 nitrogen and oxygen atoms in total. The van der Waals surface area contributed by atoms with E-state index in [9.17, 15) is 4.79 Å². The van der Waals surface area contributed by atoms with Crippen molar-refractivity contribution in [2.45, 2.75) is 18.4 Å². The summed E-state index contributed by atoms with van der Waals surface area (Å²) in [7, 11) is 3.06. The van der Waals surface area contributed by atoms with Crippen LogP contribution in [0.1, 0.15) is 17.9 Å². The smallest absolute Gasteiger partial charge is 0.323 e. The summed E-state index contributed by atoms with van der Waals surface area (Å²) < 4.78 is 10.0. The Kier molecular flexibility index (Phi) is 3.64. The SMILES string of the molecule is COC(=O)C1NCCC1c1cccc(OC)c1. The van der Waals surface area contributed by atoms with E-state index in [0.29, 0.717) is 0 Å². The summed E-state index contributed by atoms with van der Waals surface area (Å²) in [5, 5.41) is 3.18. The van der Waals surface area contributed by atoms with E-state index in [2.05, 4.69) is 5.32 Å². The van der Waals surface area contributed by atoms with E-state index in [1.807, 2.05) is 24.3 Å². The third-order valence-corrected chi connectivity index (χ3v) is 3.20. The molecule has 0 amide bonds. The van der Waals surface area contributed by atoms with Crippen LogP contribution in [0, 0.1) is 0 Å². The minimum Gasteiger partial charge on any atom is -0.497 e. The molecule has 17 heavy (non-hydrogen) atoms.